The highest BCUT2D eigenvalue weighted by molar-refractivity contribution is 7.10. The van der Waals surface area contributed by atoms with Crippen LogP contribution in [0.15, 0.2) is 35.7 Å². The van der Waals surface area contributed by atoms with E-state index in [9.17, 15) is 5.11 Å². The fourth-order valence-electron chi connectivity index (χ4n) is 4.05. The van der Waals surface area contributed by atoms with Crippen LogP contribution in [0.4, 0.5) is 0 Å². The lowest BCUT2D eigenvalue weighted by atomic mass is 9.68. The van der Waals surface area contributed by atoms with E-state index < -0.39 is 5.60 Å². The molecule has 1 saturated heterocycles. The van der Waals surface area contributed by atoms with Gasteiger partial charge in [-0.3, -0.25) is 0 Å². The summed E-state index contributed by atoms with van der Waals surface area (Å²) in [7, 11) is 2.17. The lowest BCUT2D eigenvalue weighted by Gasteiger charge is -2.44. The first kappa shape index (κ1) is 13.5. The van der Waals surface area contributed by atoms with E-state index in [-0.39, 0.29) is 0 Å². The lowest BCUT2D eigenvalue weighted by molar-refractivity contribution is -0.0133. The zero-order valence-corrected chi connectivity index (χ0v) is 13.2. The summed E-state index contributed by atoms with van der Waals surface area (Å²) in [5.41, 5.74) is 2.82. The Morgan fingerprint density at radius 1 is 1.14 bits per heavy atom. The maximum Gasteiger partial charge on any atom is 0.119 e. The minimum atomic E-state index is -0.786. The van der Waals surface area contributed by atoms with Crippen LogP contribution in [-0.4, -0.2) is 30.1 Å². The molecule has 2 nitrogen and oxygen atoms in total. The molecular formula is C18H21NOS. The second kappa shape index (κ2) is 4.94. The largest absolute Gasteiger partial charge is 0.380 e. The molecule has 0 amide bonds. The number of likely N-dealkylation sites (tertiary alicyclic amines) is 1. The lowest BCUT2D eigenvalue weighted by Crippen LogP contribution is -2.45. The first-order valence-corrected chi connectivity index (χ1v) is 8.63. The van der Waals surface area contributed by atoms with Crippen molar-refractivity contribution in [2.24, 2.45) is 5.92 Å². The smallest absolute Gasteiger partial charge is 0.119 e. The molecular weight excluding hydrogens is 278 g/mol. The number of nitrogens with zero attached hydrogens (tertiary/aromatic N) is 1. The first-order valence-electron chi connectivity index (χ1n) is 7.75. The van der Waals surface area contributed by atoms with Gasteiger partial charge in [0.05, 0.1) is 0 Å². The summed E-state index contributed by atoms with van der Waals surface area (Å²) in [4.78, 5) is 3.71. The summed E-state index contributed by atoms with van der Waals surface area (Å²) >= 11 is 1.79. The molecule has 0 bridgehead atoms. The van der Waals surface area contributed by atoms with Gasteiger partial charge in [0.2, 0.25) is 0 Å². The van der Waals surface area contributed by atoms with E-state index in [0.29, 0.717) is 5.92 Å². The van der Waals surface area contributed by atoms with Crippen LogP contribution in [0.1, 0.15) is 34.4 Å². The molecule has 1 aromatic carbocycles. The first-order chi connectivity index (χ1) is 10.2. The highest BCUT2D eigenvalue weighted by atomic mass is 32.1. The van der Waals surface area contributed by atoms with E-state index in [1.807, 2.05) is 0 Å². The van der Waals surface area contributed by atoms with Crippen molar-refractivity contribution >= 4 is 11.3 Å². The Labute approximate surface area is 130 Å². The van der Waals surface area contributed by atoms with Gasteiger partial charge in [-0.25, -0.2) is 0 Å². The molecule has 110 valence electrons. The summed E-state index contributed by atoms with van der Waals surface area (Å²) < 4.78 is 0. The fraction of sp³-hybridized carbons (Fsp3) is 0.444. The van der Waals surface area contributed by atoms with Crippen molar-refractivity contribution in [1.82, 2.24) is 4.90 Å². The van der Waals surface area contributed by atoms with Crippen molar-refractivity contribution < 1.29 is 5.11 Å². The highest BCUT2D eigenvalue weighted by Crippen LogP contribution is 2.49. The van der Waals surface area contributed by atoms with Gasteiger partial charge in [-0.2, -0.15) is 0 Å². The average molecular weight is 299 g/mol. The van der Waals surface area contributed by atoms with Gasteiger partial charge in [-0.05, 0) is 61.5 Å². The maximum absolute atomic E-state index is 11.8. The number of hydrogen-bond donors (Lipinski definition) is 1. The molecule has 1 aliphatic carbocycles. The van der Waals surface area contributed by atoms with Gasteiger partial charge in [0.1, 0.15) is 5.60 Å². The number of rotatable bonds is 1. The monoisotopic (exact) mass is 299 g/mol. The van der Waals surface area contributed by atoms with Gasteiger partial charge >= 0.3 is 0 Å². The Hall–Kier alpha value is -1.16. The van der Waals surface area contributed by atoms with Crippen LogP contribution in [-0.2, 0) is 12.0 Å². The normalized spacial score (nSPS) is 26.4. The summed E-state index contributed by atoms with van der Waals surface area (Å²) in [5.74, 6) is 0.323. The molecule has 1 aliphatic heterocycles. The van der Waals surface area contributed by atoms with E-state index in [0.717, 1.165) is 37.9 Å². The second-order valence-electron chi connectivity index (χ2n) is 6.44. The van der Waals surface area contributed by atoms with Crippen molar-refractivity contribution in [2.75, 3.05) is 20.1 Å². The van der Waals surface area contributed by atoms with Crippen LogP contribution in [0.2, 0.25) is 0 Å². The van der Waals surface area contributed by atoms with Crippen LogP contribution >= 0.6 is 11.3 Å². The molecule has 2 aromatic rings. The minimum Gasteiger partial charge on any atom is -0.380 e. The third-order valence-corrected chi connectivity index (χ3v) is 6.17. The molecule has 0 radical (unpaired) electrons. The second-order valence-corrected chi connectivity index (χ2v) is 7.44. The molecule has 4 rings (SSSR count). The van der Waals surface area contributed by atoms with Crippen LogP contribution in [0.3, 0.4) is 0 Å². The number of fused-ring (bicyclic) bond motifs is 2. The number of hydrogen-bond acceptors (Lipinski definition) is 3. The third-order valence-electron chi connectivity index (χ3n) is 5.24. The van der Waals surface area contributed by atoms with Crippen molar-refractivity contribution in [3.8, 4) is 0 Å². The zero-order chi connectivity index (χ0) is 14.4. The Morgan fingerprint density at radius 3 is 2.71 bits per heavy atom. The van der Waals surface area contributed by atoms with Gasteiger partial charge in [0.25, 0.3) is 0 Å². The van der Waals surface area contributed by atoms with Gasteiger partial charge < -0.3 is 10.0 Å². The maximum atomic E-state index is 11.8. The van der Waals surface area contributed by atoms with E-state index in [1.54, 1.807) is 11.3 Å². The minimum absolute atomic E-state index is 0.323. The van der Waals surface area contributed by atoms with Gasteiger partial charge in [0.15, 0.2) is 0 Å². The molecule has 2 heterocycles. The molecule has 1 aromatic heterocycles. The molecule has 1 unspecified atom stereocenters. The average Bonchev–Trinajstić information content (AvgIpc) is 2.97. The topological polar surface area (TPSA) is 23.5 Å². The molecule has 1 atom stereocenters. The van der Waals surface area contributed by atoms with Crippen molar-refractivity contribution in [3.05, 3.63) is 57.3 Å². The van der Waals surface area contributed by atoms with Crippen molar-refractivity contribution in [2.45, 2.75) is 24.9 Å². The fourth-order valence-corrected chi connectivity index (χ4v) is 5.01. The molecule has 3 heteroatoms. The van der Waals surface area contributed by atoms with E-state index in [4.69, 9.17) is 0 Å². The predicted octanol–water partition coefficient (Wildman–Crippen LogP) is 3.23. The van der Waals surface area contributed by atoms with Crippen LogP contribution < -0.4 is 0 Å². The highest BCUT2D eigenvalue weighted by Gasteiger charge is 2.46. The Balaban J connectivity index is 1.84. The number of aliphatic hydroxyl groups is 1. The molecule has 21 heavy (non-hydrogen) atoms. The van der Waals surface area contributed by atoms with Crippen molar-refractivity contribution in [1.29, 1.82) is 0 Å². The number of thiophene rings is 1. The Kier molecular flexibility index (Phi) is 3.18. The standard InChI is InChI=1S/C18H21NOS/c1-19-9-6-14(7-10-19)18(20)15-5-3-2-4-13(15)12-17-16(18)8-11-21-17/h2-5,8,11,14,20H,6-7,9-10,12H2,1H3. The summed E-state index contributed by atoms with van der Waals surface area (Å²) in [5, 5.41) is 13.9. The van der Waals surface area contributed by atoms with Gasteiger partial charge in [0, 0.05) is 16.9 Å². The molecule has 2 aliphatic rings. The van der Waals surface area contributed by atoms with E-state index in [2.05, 4.69) is 47.7 Å². The quantitative estimate of drug-likeness (QED) is 0.874. The third kappa shape index (κ3) is 1.99. The number of benzene rings is 1. The van der Waals surface area contributed by atoms with Gasteiger partial charge in [-0.1, -0.05) is 24.3 Å². The van der Waals surface area contributed by atoms with Crippen LogP contribution in [0.5, 0.6) is 0 Å². The molecule has 1 fully saturated rings. The zero-order valence-electron chi connectivity index (χ0n) is 12.4. The number of piperidine rings is 1. The molecule has 0 saturated carbocycles. The summed E-state index contributed by atoms with van der Waals surface area (Å²) in [6.07, 6.45) is 3.10. The van der Waals surface area contributed by atoms with E-state index in [1.165, 1.54) is 16.0 Å². The Bertz CT molecular complexity index is 657. The Morgan fingerprint density at radius 2 is 1.90 bits per heavy atom. The van der Waals surface area contributed by atoms with Crippen LogP contribution in [0, 0.1) is 5.92 Å². The van der Waals surface area contributed by atoms with Crippen LogP contribution in [0.25, 0.3) is 0 Å². The molecule has 1 N–H and O–H groups in total. The summed E-state index contributed by atoms with van der Waals surface area (Å²) in [6.45, 7) is 2.16. The van der Waals surface area contributed by atoms with Gasteiger partial charge in [-0.15, -0.1) is 11.3 Å². The SMILES string of the molecule is CN1CCC(C2(O)c3ccccc3Cc3sccc32)CC1. The molecule has 0 spiro atoms. The summed E-state index contributed by atoms with van der Waals surface area (Å²) in [6, 6.07) is 10.6. The van der Waals surface area contributed by atoms with Crippen molar-refractivity contribution in [3.63, 3.8) is 0 Å². The predicted molar refractivity (Wildman–Crippen MR) is 86.8 cm³/mol. The van der Waals surface area contributed by atoms with E-state index >= 15 is 0 Å².